The van der Waals surface area contributed by atoms with Gasteiger partial charge in [0.05, 0.1) is 0 Å². The van der Waals surface area contributed by atoms with Crippen LogP contribution in [0.5, 0.6) is 0 Å². The fraction of sp³-hybridized carbons (Fsp3) is 0. The van der Waals surface area contributed by atoms with E-state index in [1.165, 1.54) is 0 Å². The zero-order valence-corrected chi connectivity index (χ0v) is 11.6. The lowest BCUT2D eigenvalue weighted by molar-refractivity contribution is 0.103. The highest BCUT2D eigenvalue weighted by molar-refractivity contribution is 6.06. The number of hydrogen-bond acceptors (Lipinski definition) is 4. The summed E-state index contributed by atoms with van der Waals surface area (Å²) in [5.41, 5.74) is 0.743. The van der Waals surface area contributed by atoms with Crippen molar-refractivity contribution in [3.63, 3.8) is 0 Å². The van der Waals surface area contributed by atoms with Crippen LogP contribution in [0.4, 0.5) is 0 Å². The minimum Gasteiger partial charge on any atom is -0.504 e. The van der Waals surface area contributed by atoms with Crippen LogP contribution >= 0.6 is 0 Å². The summed E-state index contributed by atoms with van der Waals surface area (Å²) in [5.74, 6) is -2.24. The lowest BCUT2D eigenvalue weighted by atomic mass is 10.1. The van der Waals surface area contributed by atoms with Gasteiger partial charge in [-0.3, -0.25) is 9.59 Å². The molecule has 2 N–H and O–H groups in total. The van der Waals surface area contributed by atoms with Gasteiger partial charge in [0.2, 0.25) is 0 Å². The van der Waals surface area contributed by atoms with E-state index in [1.54, 1.807) is 60.7 Å². The Morgan fingerprint density at radius 3 is 1.27 bits per heavy atom. The molecule has 0 aliphatic heterocycles. The van der Waals surface area contributed by atoms with Crippen molar-refractivity contribution in [3.05, 3.63) is 95.5 Å². The lowest BCUT2D eigenvalue weighted by Crippen LogP contribution is -2.01. The first-order valence-electron chi connectivity index (χ1n) is 6.58. The van der Waals surface area contributed by atoms with E-state index in [0.717, 1.165) is 12.2 Å². The Hall–Kier alpha value is -3.14. The van der Waals surface area contributed by atoms with E-state index in [2.05, 4.69) is 0 Å². The highest BCUT2D eigenvalue weighted by atomic mass is 16.3. The SMILES string of the molecule is O=C(C=C(O)C(O)=CC(=O)c1ccccc1)c1ccccc1. The topological polar surface area (TPSA) is 74.6 Å². The molecule has 0 saturated carbocycles. The highest BCUT2D eigenvalue weighted by Crippen LogP contribution is 2.09. The maximum absolute atomic E-state index is 11.9. The number of aliphatic hydroxyl groups excluding tert-OH is 2. The second kappa shape index (κ2) is 7.04. The number of hydrogen-bond donors (Lipinski definition) is 2. The average Bonchev–Trinajstić information content (AvgIpc) is 2.56. The third-order valence-corrected chi connectivity index (χ3v) is 2.91. The molecule has 0 aromatic heterocycles. The van der Waals surface area contributed by atoms with Crippen molar-refractivity contribution in [2.24, 2.45) is 0 Å². The molecule has 0 aliphatic rings. The van der Waals surface area contributed by atoms with E-state index in [4.69, 9.17) is 0 Å². The van der Waals surface area contributed by atoms with Crippen LogP contribution in [0.3, 0.4) is 0 Å². The Morgan fingerprint density at radius 1 is 0.636 bits per heavy atom. The van der Waals surface area contributed by atoms with Crippen molar-refractivity contribution in [1.82, 2.24) is 0 Å². The van der Waals surface area contributed by atoms with Crippen molar-refractivity contribution in [2.75, 3.05) is 0 Å². The molecule has 0 radical (unpaired) electrons. The average molecular weight is 294 g/mol. The molecule has 0 fully saturated rings. The molecule has 0 spiro atoms. The van der Waals surface area contributed by atoms with Gasteiger partial charge in [0.1, 0.15) is 0 Å². The number of aliphatic hydroxyl groups is 2. The molecule has 4 nitrogen and oxygen atoms in total. The number of rotatable bonds is 5. The van der Waals surface area contributed by atoms with Crippen molar-refractivity contribution in [3.8, 4) is 0 Å². The van der Waals surface area contributed by atoms with Crippen LogP contribution in [0.1, 0.15) is 20.7 Å². The van der Waals surface area contributed by atoms with E-state index in [1.807, 2.05) is 0 Å². The predicted octanol–water partition coefficient (Wildman–Crippen LogP) is 3.64. The monoisotopic (exact) mass is 294 g/mol. The first-order valence-corrected chi connectivity index (χ1v) is 6.58. The van der Waals surface area contributed by atoms with Gasteiger partial charge in [-0.1, -0.05) is 60.7 Å². The van der Waals surface area contributed by atoms with Gasteiger partial charge < -0.3 is 10.2 Å². The Bertz CT molecular complexity index is 663. The van der Waals surface area contributed by atoms with Gasteiger partial charge >= 0.3 is 0 Å². The Kier molecular flexibility index (Phi) is 4.88. The predicted molar refractivity (Wildman–Crippen MR) is 83.0 cm³/mol. The molecule has 2 aromatic carbocycles. The van der Waals surface area contributed by atoms with Gasteiger partial charge in [-0.05, 0) is 0 Å². The van der Waals surface area contributed by atoms with Crippen LogP contribution < -0.4 is 0 Å². The zero-order valence-electron chi connectivity index (χ0n) is 11.6. The van der Waals surface area contributed by atoms with Gasteiger partial charge in [-0.15, -0.1) is 0 Å². The quantitative estimate of drug-likeness (QED) is 0.382. The molecular formula is C18H14O4. The molecular weight excluding hydrogens is 280 g/mol. The van der Waals surface area contributed by atoms with Crippen molar-refractivity contribution in [2.45, 2.75) is 0 Å². The molecule has 0 amide bonds. The largest absolute Gasteiger partial charge is 0.504 e. The smallest absolute Gasteiger partial charge is 0.189 e. The number of carbonyl (C=O) groups excluding carboxylic acids is 2. The maximum atomic E-state index is 11.9. The van der Waals surface area contributed by atoms with Crippen LogP contribution in [-0.4, -0.2) is 21.8 Å². The summed E-state index contributed by atoms with van der Waals surface area (Å²) in [6.07, 6.45) is 1.75. The third kappa shape index (κ3) is 3.93. The molecule has 0 heterocycles. The molecule has 4 heteroatoms. The van der Waals surface area contributed by atoms with E-state index in [-0.39, 0.29) is 0 Å². The molecule has 0 bridgehead atoms. The summed E-state index contributed by atoms with van der Waals surface area (Å²) in [6, 6.07) is 16.6. The Balaban J connectivity index is 2.16. The minimum absolute atomic E-state index is 0.372. The molecule has 0 atom stereocenters. The normalized spacial score (nSPS) is 12.0. The summed E-state index contributed by atoms with van der Waals surface area (Å²) in [5, 5.41) is 19.4. The molecule has 0 unspecified atom stereocenters. The van der Waals surface area contributed by atoms with Crippen LogP contribution in [0.15, 0.2) is 84.3 Å². The minimum atomic E-state index is -0.655. The zero-order chi connectivity index (χ0) is 15.9. The fourth-order valence-corrected chi connectivity index (χ4v) is 1.77. The summed E-state index contributed by atoms with van der Waals surface area (Å²) < 4.78 is 0. The van der Waals surface area contributed by atoms with Crippen LogP contribution in [0.25, 0.3) is 0 Å². The van der Waals surface area contributed by atoms with Crippen molar-refractivity contribution >= 4 is 11.6 Å². The van der Waals surface area contributed by atoms with Gasteiger partial charge in [0.15, 0.2) is 23.1 Å². The third-order valence-electron chi connectivity index (χ3n) is 2.91. The molecule has 22 heavy (non-hydrogen) atoms. The highest BCUT2D eigenvalue weighted by Gasteiger charge is 2.09. The Labute approximate surface area is 127 Å². The van der Waals surface area contributed by atoms with E-state index >= 15 is 0 Å². The molecule has 2 aromatic rings. The van der Waals surface area contributed by atoms with Crippen LogP contribution in [0, 0.1) is 0 Å². The maximum Gasteiger partial charge on any atom is 0.189 e. The van der Waals surface area contributed by atoms with Gasteiger partial charge in [0.25, 0.3) is 0 Å². The second-order valence-electron chi connectivity index (χ2n) is 4.52. The second-order valence-corrected chi connectivity index (χ2v) is 4.52. The molecule has 0 aliphatic carbocycles. The first kappa shape index (κ1) is 15.3. The van der Waals surface area contributed by atoms with Crippen LogP contribution in [-0.2, 0) is 0 Å². The van der Waals surface area contributed by atoms with Crippen LogP contribution in [0.2, 0.25) is 0 Å². The fourth-order valence-electron chi connectivity index (χ4n) is 1.77. The molecule has 110 valence electrons. The molecule has 2 rings (SSSR count). The molecule has 0 saturated heterocycles. The Morgan fingerprint density at radius 2 is 0.955 bits per heavy atom. The van der Waals surface area contributed by atoms with Crippen molar-refractivity contribution < 1.29 is 19.8 Å². The number of carbonyl (C=O) groups is 2. The van der Waals surface area contributed by atoms with Gasteiger partial charge in [0, 0.05) is 23.3 Å². The number of benzene rings is 2. The summed E-state index contributed by atoms with van der Waals surface area (Å²) in [6.45, 7) is 0. The van der Waals surface area contributed by atoms with Gasteiger partial charge in [-0.25, -0.2) is 0 Å². The van der Waals surface area contributed by atoms with Crippen molar-refractivity contribution in [1.29, 1.82) is 0 Å². The lowest BCUT2D eigenvalue weighted by Gasteiger charge is -2.00. The van der Waals surface area contributed by atoms with E-state index in [0.29, 0.717) is 11.1 Å². The van der Waals surface area contributed by atoms with E-state index < -0.39 is 23.1 Å². The number of ketones is 2. The van der Waals surface area contributed by atoms with E-state index in [9.17, 15) is 19.8 Å². The summed E-state index contributed by atoms with van der Waals surface area (Å²) >= 11 is 0. The standard InChI is InChI=1S/C18H14O4/c19-15(13-7-3-1-4-8-13)11-17(21)18(22)12-16(20)14-9-5-2-6-10-14/h1-12,21-22H. The first-order chi connectivity index (χ1) is 10.6. The summed E-state index contributed by atoms with van der Waals surface area (Å²) in [7, 11) is 0. The van der Waals surface area contributed by atoms with Gasteiger partial charge in [-0.2, -0.15) is 0 Å². The summed E-state index contributed by atoms with van der Waals surface area (Å²) in [4.78, 5) is 23.7. The number of allylic oxidation sites excluding steroid dienone is 2.